The molecule has 1 amide bonds. The average molecular weight is 300 g/mol. The van der Waals surface area contributed by atoms with E-state index in [1.165, 1.54) is 6.42 Å². The SMILES string of the molecule is Cc1cc(Cl)cc(C(=O)NC2(CCl)CCCCC2)c1. The molecule has 0 radical (unpaired) electrons. The van der Waals surface area contributed by atoms with Crippen LogP contribution in [0.1, 0.15) is 48.0 Å². The first-order chi connectivity index (χ1) is 9.04. The number of aryl methyl sites for hydroxylation is 1. The summed E-state index contributed by atoms with van der Waals surface area (Å²) in [5.74, 6) is 0.395. The van der Waals surface area contributed by atoms with Crippen LogP contribution in [0.15, 0.2) is 18.2 Å². The third kappa shape index (κ3) is 3.64. The van der Waals surface area contributed by atoms with Gasteiger partial charge in [0.25, 0.3) is 5.91 Å². The van der Waals surface area contributed by atoms with E-state index in [1.54, 1.807) is 6.07 Å². The van der Waals surface area contributed by atoms with E-state index in [2.05, 4.69) is 5.32 Å². The van der Waals surface area contributed by atoms with E-state index < -0.39 is 0 Å². The third-order valence-electron chi connectivity index (χ3n) is 3.75. The van der Waals surface area contributed by atoms with Crippen LogP contribution < -0.4 is 5.32 Å². The molecule has 104 valence electrons. The second-order valence-corrected chi connectivity index (χ2v) is 6.15. The van der Waals surface area contributed by atoms with Gasteiger partial charge in [-0.25, -0.2) is 0 Å². The van der Waals surface area contributed by atoms with Crippen molar-refractivity contribution < 1.29 is 4.79 Å². The predicted molar refractivity (Wildman–Crippen MR) is 80.2 cm³/mol. The molecular formula is C15H19Cl2NO. The molecule has 1 N–H and O–H groups in total. The highest BCUT2D eigenvalue weighted by atomic mass is 35.5. The van der Waals surface area contributed by atoms with Crippen molar-refractivity contribution in [2.24, 2.45) is 0 Å². The van der Waals surface area contributed by atoms with Crippen LogP contribution in [0.5, 0.6) is 0 Å². The van der Waals surface area contributed by atoms with Gasteiger partial charge in [0.15, 0.2) is 0 Å². The molecule has 1 aromatic rings. The van der Waals surface area contributed by atoms with Gasteiger partial charge in [0.05, 0.1) is 5.54 Å². The molecule has 0 aliphatic heterocycles. The Hall–Kier alpha value is -0.730. The first-order valence-corrected chi connectivity index (χ1v) is 7.62. The largest absolute Gasteiger partial charge is 0.345 e. The molecule has 0 unspecified atom stereocenters. The molecule has 1 aromatic carbocycles. The lowest BCUT2D eigenvalue weighted by Gasteiger charge is -2.36. The maximum atomic E-state index is 12.4. The Labute approximate surface area is 124 Å². The van der Waals surface area contributed by atoms with Gasteiger partial charge in [-0.05, 0) is 43.5 Å². The molecule has 1 fully saturated rings. The summed E-state index contributed by atoms with van der Waals surface area (Å²) in [6, 6.07) is 5.40. The Morgan fingerprint density at radius 1 is 1.26 bits per heavy atom. The Morgan fingerprint density at radius 3 is 2.53 bits per heavy atom. The Bertz CT molecular complexity index is 447. The first-order valence-electron chi connectivity index (χ1n) is 6.70. The Balaban J connectivity index is 2.15. The zero-order valence-corrected chi connectivity index (χ0v) is 12.7. The van der Waals surface area contributed by atoms with Gasteiger partial charge in [-0.15, -0.1) is 11.6 Å². The molecule has 0 spiro atoms. The van der Waals surface area contributed by atoms with Crippen LogP contribution in [0, 0.1) is 6.92 Å². The quantitative estimate of drug-likeness (QED) is 0.828. The topological polar surface area (TPSA) is 29.1 Å². The summed E-state index contributed by atoms with van der Waals surface area (Å²) >= 11 is 12.1. The molecule has 4 heteroatoms. The van der Waals surface area contributed by atoms with Crippen molar-refractivity contribution in [3.8, 4) is 0 Å². The lowest BCUT2D eigenvalue weighted by Crippen LogP contribution is -2.51. The summed E-state index contributed by atoms with van der Waals surface area (Å²) in [6.45, 7) is 1.93. The first kappa shape index (κ1) is 14.7. The van der Waals surface area contributed by atoms with E-state index >= 15 is 0 Å². The van der Waals surface area contributed by atoms with Crippen LogP contribution in [-0.2, 0) is 0 Å². The van der Waals surface area contributed by atoms with Gasteiger partial charge in [-0.2, -0.15) is 0 Å². The zero-order chi connectivity index (χ0) is 13.9. The van der Waals surface area contributed by atoms with Gasteiger partial charge in [0.1, 0.15) is 0 Å². The van der Waals surface area contributed by atoms with Gasteiger partial charge >= 0.3 is 0 Å². The van der Waals surface area contributed by atoms with Crippen LogP contribution in [0.3, 0.4) is 0 Å². The van der Waals surface area contributed by atoms with Crippen LogP contribution in [-0.4, -0.2) is 17.3 Å². The number of hydrogen-bond acceptors (Lipinski definition) is 1. The monoisotopic (exact) mass is 299 g/mol. The van der Waals surface area contributed by atoms with Crippen molar-refractivity contribution in [2.45, 2.75) is 44.6 Å². The molecule has 1 aliphatic carbocycles. The summed E-state index contributed by atoms with van der Waals surface area (Å²) in [7, 11) is 0. The number of carbonyl (C=O) groups is 1. The Kier molecular flexibility index (Phi) is 4.75. The summed E-state index contributed by atoms with van der Waals surface area (Å²) < 4.78 is 0. The summed E-state index contributed by atoms with van der Waals surface area (Å²) in [4.78, 5) is 12.4. The Morgan fingerprint density at radius 2 is 1.95 bits per heavy atom. The number of alkyl halides is 1. The number of hydrogen-bond donors (Lipinski definition) is 1. The van der Waals surface area contributed by atoms with Crippen LogP contribution in [0.4, 0.5) is 0 Å². The van der Waals surface area contributed by atoms with E-state index in [4.69, 9.17) is 23.2 Å². The molecule has 1 saturated carbocycles. The normalized spacial score (nSPS) is 18.1. The number of halogens is 2. The van der Waals surface area contributed by atoms with Gasteiger partial charge in [-0.1, -0.05) is 30.9 Å². The fourth-order valence-corrected chi connectivity index (χ4v) is 3.32. The molecule has 1 aliphatic rings. The standard InChI is InChI=1S/C15H19Cl2NO/c1-11-7-12(9-13(17)8-11)14(19)18-15(10-16)5-3-2-4-6-15/h7-9H,2-6,10H2,1H3,(H,18,19). The molecule has 0 heterocycles. The highest BCUT2D eigenvalue weighted by Gasteiger charge is 2.32. The molecule has 19 heavy (non-hydrogen) atoms. The molecule has 0 atom stereocenters. The second-order valence-electron chi connectivity index (χ2n) is 5.45. The van der Waals surface area contributed by atoms with E-state index in [9.17, 15) is 4.79 Å². The van der Waals surface area contributed by atoms with Gasteiger partial charge in [0.2, 0.25) is 0 Å². The zero-order valence-electron chi connectivity index (χ0n) is 11.1. The fraction of sp³-hybridized carbons (Fsp3) is 0.533. The van der Waals surface area contributed by atoms with Gasteiger partial charge < -0.3 is 5.32 Å². The molecular weight excluding hydrogens is 281 g/mol. The van der Waals surface area contributed by atoms with Crippen molar-refractivity contribution >= 4 is 29.1 Å². The van der Waals surface area contributed by atoms with Crippen molar-refractivity contribution in [3.05, 3.63) is 34.3 Å². The van der Waals surface area contributed by atoms with E-state index in [0.29, 0.717) is 16.5 Å². The lowest BCUT2D eigenvalue weighted by molar-refractivity contribution is 0.0884. The molecule has 0 aromatic heterocycles. The highest BCUT2D eigenvalue weighted by Crippen LogP contribution is 2.29. The van der Waals surface area contributed by atoms with Crippen LogP contribution in [0.2, 0.25) is 5.02 Å². The number of amides is 1. The average Bonchev–Trinajstić information content (AvgIpc) is 2.38. The smallest absolute Gasteiger partial charge is 0.251 e. The predicted octanol–water partition coefficient (Wildman–Crippen LogP) is 4.32. The maximum absolute atomic E-state index is 12.4. The van der Waals surface area contributed by atoms with E-state index in [-0.39, 0.29) is 11.4 Å². The second kappa shape index (κ2) is 6.15. The van der Waals surface area contributed by atoms with Crippen molar-refractivity contribution in [1.29, 1.82) is 0 Å². The maximum Gasteiger partial charge on any atom is 0.251 e. The minimum absolute atomic E-state index is 0.0758. The van der Waals surface area contributed by atoms with Crippen LogP contribution in [0.25, 0.3) is 0 Å². The highest BCUT2D eigenvalue weighted by molar-refractivity contribution is 6.31. The van der Waals surface area contributed by atoms with Crippen molar-refractivity contribution in [3.63, 3.8) is 0 Å². The molecule has 0 saturated heterocycles. The molecule has 2 nitrogen and oxygen atoms in total. The van der Waals surface area contributed by atoms with Gasteiger partial charge in [0, 0.05) is 16.5 Å². The number of nitrogens with one attached hydrogen (secondary N) is 1. The number of rotatable bonds is 3. The van der Waals surface area contributed by atoms with Crippen molar-refractivity contribution in [1.82, 2.24) is 5.32 Å². The lowest BCUT2D eigenvalue weighted by atomic mass is 9.83. The molecule has 0 bridgehead atoms. The summed E-state index contributed by atoms with van der Waals surface area (Å²) in [5, 5.41) is 3.71. The minimum atomic E-state index is -0.243. The molecule has 2 rings (SSSR count). The number of benzene rings is 1. The van der Waals surface area contributed by atoms with Gasteiger partial charge in [-0.3, -0.25) is 4.79 Å². The van der Waals surface area contributed by atoms with Crippen molar-refractivity contribution in [2.75, 3.05) is 5.88 Å². The minimum Gasteiger partial charge on any atom is -0.345 e. The summed E-state index contributed by atoms with van der Waals surface area (Å²) in [5.41, 5.74) is 1.36. The van der Waals surface area contributed by atoms with Crippen LogP contribution >= 0.6 is 23.2 Å². The third-order valence-corrected chi connectivity index (χ3v) is 4.48. The van der Waals surface area contributed by atoms with E-state index in [0.717, 1.165) is 31.2 Å². The number of carbonyl (C=O) groups excluding carboxylic acids is 1. The van der Waals surface area contributed by atoms with E-state index in [1.807, 2.05) is 19.1 Å². The summed E-state index contributed by atoms with van der Waals surface area (Å²) in [6.07, 6.45) is 5.40. The fourth-order valence-electron chi connectivity index (χ4n) is 2.70.